The van der Waals surface area contributed by atoms with Crippen molar-refractivity contribution < 1.29 is 19.5 Å². The fourth-order valence-electron chi connectivity index (χ4n) is 1.47. The van der Waals surface area contributed by atoms with Crippen LogP contribution in [0.5, 0.6) is 0 Å². The zero-order valence-electron chi connectivity index (χ0n) is 10.8. The highest BCUT2D eigenvalue weighted by atomic mass is 16.4. The normalized spacial score (nSPS) is 9.79. The summed E-state index contributed by atoms with van der Waals surface area (Å²) >= 11 is 0. The second kappa shape index (κ2) is 6.53. The summed E-state index contributed by atoms with van der Waals surface area (Å²) in [6, 6.07) is 6.97. The molecule has 1 rings (SSSR count). The van der Waals surface area contributed by atoms with Crippen molar-refractivity contribution in [1.82, 2.24) is 10.2 Å². The Hall–Kier alpha value is -2.37. The van der Waals surface area contributed by atoms with Crippen LogP contribution in [-0.4, -0.2) is 47.9 Å². The van der Waals surface area contributed by atoms with Crippen LogP contribution in [0, 0.1) is 6.92 Å². The SMILES string of the molecule is Cc1cccc(C(=O)NCC(=O)N(C)CC(=O)O)c1. The van der Waals surface area contributed by atoms with Crippen molar-refractivity contribution in [2.24, 2.45) is 0 Å². The molecule has 1 aromatic rings. The molecule has 0 aromatic heterocycles. The molecule has 2 amide bonds. The third-order valence-corrected chi connectivity index (χ3v) is 2.48. The molecule has 0 unspecified atom stereocenters. The average molecular weight is 264 g/mol. The fraction of sp³-hybridized carbons (Fsp3) is 0.308. The van der Waals surface area contributed by atoms with Gasteiger partial charge in [0.05, 0.1) is 6.54 Å². The molecule has 6 heteroatoms. The maximum atomic E-state index is 11.7. The summed E-state index contributed by atoms with van der Waals surface area (Å²) in [5.74, 6) is -1.91. The number of aliphatic carboxylic acids is 1. The van der Waals surface area contributed by atoms with Gasteiger partial charge in [0.1, 0.15) is 6.54 Å². The van der Waals surface area contributed by atoms with Crippen LogP contribution in [-0.2, 0) is 9.59 Å². The molecule has 0 atom stereocenters. The minimum absolute atomic E-state index is 0.226. The third kappa shape index (κ3) is 4.79. The molecule has 19 heavy (non-hydrogen) atoms. The Morgan fingerprint density at radius 3 is 2.58 bits per heavy atom. The number of aryl methyl sites for hydroxylation is 1. The van der Waals surface area contributed by atoms with E-state index < -0.39 is 11.9 Å². The Labute approximate surface area is 111 Å². The predicted octanol–water partition coefficient (Wildman–Crippen LogP) is 0.268. The van der Waals surface area contributed by atoms with Gasteiger partial charge >= 0.3 is 5.97 Å². The number of carbonyl (C=O) groups excluding carboxylic acids is 2. The highest BCUT2D eigenvalue weighted by Gasteiger charge is 2.13. The maximum absolute atomic E-state index is 11.7. The first-order valence-electron chi connectivity index (χ1n) is 5.71. The smallest absolute Gasteiger partial charge is 0.323 e. The van der Waals surface area contributed by atoms with Crippen LogP contribution in [0.15, 0.2) is 24.3 Å². The minimum Gasteiger partial charge on any atom is -0.480 e. The molecule has 0 radical (unpaired) electrons. The van der Waals surface area contributed by atoms with E-state index in [0.717, 1.165) is 10.5 Å². The number of likely N-dealkylation sites (N-methyl/N-ethyl adjacent to an activating group) is 1. The quantitative estimate of drug-likeness (QED) is 0.799. The van der Waals surface area contributed by atoms with Gasteiger partial charge in [-0.3, -0.25) is 14.4 Å². The van der Waals surface area contributed by atoms with E-state index in [4.69, 9.17) is 5.11 Å². The lowest BCUT2D eigenvalue weighted by molar-refractivity contribution is -0.143. The molecule has 0 aliphatic heterocycles. The number of rotatable bonds is 5. The van der Waals surface area contributed by atoms with Crippen LogP contribution >= 0.6 is 0 Å². The van der Waals surface area contributed by atoms with E-state index in [9.17, 15) is 14.4 Å². The highest BCUT2D eigenvalue weighted by molar-refractivity contribution is 5.96. The highest BCUT2D eigenvalue weighted by Crippen LogP contribution is 2.03. The molecule has 0 saturated carbocycles. The molecular weight excluding hydrogens is 248 g/mol. The van der Waals surface area contributed by atoms with Gasteiger partial charge in [0.25, 0.3) is 5.91 Å². The molecule has 6 nitrogen and oxygen atoms in total. The summed E-state index contributed by atoms with van der Waals surface area (Å²) in [7, 11) is 1.37. The van der Waals surface area contributed by atoms with Crippen LogP contribution < -0.4 is 5.32 Å². The van der Waals surface area contributed by atoms with E-state index in [1.807, 2.05) is 13.0 Å². The van der Waals surface area contributed by atoms with Crippen LogP contribution in [0.25, 0.3) is 0 Å². The van der Waals surface area contributed by atoms with Crippen molar-refractivity contribution in [3.05, 3.63) is 35.4 Å². The fourth-order valence-corrected chi connectivity index (χ4v) is 1.47. The van der Waals surface area contributed by atoms with Crippen molar-refractivity contribution in [1.29, 1.82) is 0 Å². The Morgan fingerprint density at radius 1 is 1.32 bits per heavy atom. The summed E-state index contributed by atoms with van der Waals surface area (Å²) in [6.07, 6.45) is 0. The largest absolute Gasteiger partial charge is 0.480 e. The Kier molecular flexibility index (Phi) is 5.05. The Morgan fingerprint density at radius 2 is 2.00 bits per heavy atom. The summed E-state index contributed by atoms with van der Waals surface area (Å²) in [6.45, 7) is 1.25. The maximum Gasteiger partial charge on any atom is 0.323 e. The van der Waals surface area contributed by atoms with Crippen molar-refractivity contribution in [3.63, 3.8) is 0 Å². The van der Waals surface area contributed by atoms with Gasteiger partial charge in [0, 0.05) is 12.6 Å². The minimum atomic E-state index is -1.10. The second-order valence-corrected chi connectivity index (χ2v) is 4.20. The molecule has 0 aliphatic rings. The summed E-state index contributed by atoms with van der Waals surface area (Å²) in [5, 5.41) is 11.0. The standard InChI is InChI=1S/C13H16N2O4/c1-9-4-3-5-10(6-9)13(19)14-7-11(16)15(2)8-12(17)18/h3-6H,7-8H2,1-2H3,(H,14,19)(H,17,18). The van der Waals surface area contributed by atoms with Gasteiger partial charge in [0.15, 0.2) is 0 Å². The number of nitrogens with one attached hydrogen (secondary N) is 1. The van der Waals surface area contributed by atoms with Crippen molar-refractivity contribution in [2.45, 2.75) is 6.92 Å². The number of carboxylic acid groups (broad SMARTS) is 1. The number of hydrogen-bond donors (Lipinski definition) is 2. The third-order valence-electron chi connectivity index (χ3n) is 2.48. The number of carbonyl (C=O) groups is 3. The molecule has 2 N–H and O–H groups in total. The van der Waals surface area contributed by atoms with Crippen LogP contribution in [0.4, 0.5) is 0 Å². The molecule has 1 aromatic carbocycles. The number of amides is 2. The van der Waals surface area contributed by atoms with Gasteiger partial charge in [-0.1, -0.05) is 17.7 Å². The summed E-state index contributed by atoms with van der Waals surface area (Å²) in [4.78, 5) is 34.7. The molecule has 0 saturated heterocycles. The van der Waals surface area contributed by atoms with Crippen molar-refractivity contribution in [2.75, 3.05) is 20.1 Å². The zero-order chi connectivity index (χ0) is 14.4. The number of hydrogen-bond acceptors (Lipinski definition) is 3. The molecule has 0 heterocycles. The summed E-state index contributed by atoms with van der Waals surface area (Å²) < 4.78 is 0. The van der Waals surface area contributed by atoms with Crippen molar-refractivity contribution >= 4 is 17.8 Å². The average Bonchev–Trinajstić information content (AvgIpc) is 2.34. The molecule has 0 aliphatic carbocycles. The van der Waals surface area contributed by atoms with Crippen LogP contribution in [0.1, 0.15) is 15.9 Å². The van der Waals surface area contributed by atoms with E-state index in [0.29, 0.717) is 5.56 Å². The van der Waals surface area contributed by atoms with Gasteiger partial charge in [-0.05, 0) is 19.1 Å². The van der Waals surface area contributed by atoms with E-state index in [1.165, 1.54) is 7.05 Å². The first-order valence-corrected chi connectivity index (χ1v) is 5.71. The van der Waals surface area contributed by atoms with E-state index in [1.54, 1.807) is 18.2 Å². The topological polar surface area (TPSA) is 86.7 Å². The van der Waals surface area contributed by atoms with E-state index in [2.05, 4.69) is 5.32 Å². The van der Waals surface area contributed by atoms with Gasteiger partial charge < -0.3 is 15.3 Å². The predicted molar refractivity (Wildman–Crippen MR) is 68.8 cm³/mol. The second-order valence-electron chi connectivity index (χ2n) is 4.20. The van der Waals surface area contributed by atoms with Crippen LogP contribution in [0.3, 0.4) is 0 Å². The van der Waals surface area contributed by atoms with Gasteiger partial charge in [-0.2, -0.15) is 0 Å². The molecule has 0 fully saturated rings. The zero-order valence-corrected chi connectivity index (χ0v) is 10.8. The molecule has 0 bridgehead atoms. The van der Waals surface area contributed by atoms with Crippen LogP contribution in [0.2, 0.25) is 0 Å². The Bertz CT molecular complexity index is 499. The lowest BCUT2D eigenvalue weighted by Gasteiger charge is -2.14. The number of benzene rings is 1. The van der Waals surface area contributed by atoms with E-state index in [-0.39, 0.29) is 19.0 Å². The molecular formula is C13H16N2O4. The number of carboxylic acids is 1. The number of nitrogens with zero attached hydrogens (tertiary/aromatic N) is 1. The summed E-state index contributed by atoms with van der Waals surface area (Å²) in [5.41, 5.74) is 1.41. The molecule has 102 valence electrons. The van der Waals surface area contributed by atoms with E-state index >= 15 is 0 Å². The Balaban J connectivity index is 2.50. The van der Waals surface area contributed by atoms with Gasteiger partial charge in [-0.15, -0.1) is 0 Å². The first kappa shape index (κ1) is 14.7. The lowest BCUT2D eigenvalue weighted by atomic mass is 10.1. The first-order chi connectivity index (χ1) is 8.90. The van der Waals surface area contributed by atoms with Crippen molar-refractivity contribution in [3.8, 4) is 0 Å². The monoisotopic (exact) mass is 264 g/mol. The van der Waals surface area contributed by atoms with Gasteiger partial charge in [-0.25, -0.2) is 0 Å². The molecule has 0 spiro atoms. The lowest BCUT2D eigenvalue weighted by Crippen LogP contribution is -2.40. The van der Waals surface area contributed by atoms with Gasteiger partial charge in [0.2, 0.25) is 5.91 Å².